The highest BCUT2D eigenvalue weighted by Gasteiger charge is 2.48. The highest BCUT2D eigenvalue weighted by molar-refractivity contribution is 6.22. The van der Waals surface area contributed by atoms with E-state index in [0.717, 1.165) is 0 Å². The molecule has 2 amide bonds. The first-order valence-electron chi connectivity index (χ1n) is 6.28. The Morgan fingerprint density at radius 2 is 2.00 bits per heavy atom. The van der Waals surface area contributed by atoms with Gasteiger partial charge in [-0.1, -0.05) is 0 Å². The topological polar surface area (TPSA) is 83.9 Å². The molecule has 6 heteroatoms. The summed E-state index contributed by atoms with van der Waals surface area (Å²) in [5.74, 6) is -1.95. The minimum Gasteiger partial charge on any atom is -0.478 e. The third-order valence-electron chi connectivity index (χ3n) is 3.87. The Balaban J connectivity index is 2.06. The third-order valence-corrected chi connectivity index (χ3v) is 3.87. The molecule has 1 unspecified atom stereocenters. The van der Waals surface area contributed by atoms with Crippen LogP contribution in [0.25, 0.3) is 0 Å². The van der Waals surface area contributed by atoms with E-state index in [1.165, 1.54) is 23.1 Å². The lowest BCUT2D eigenvalue weighted by atomic mass is 9.99. The molecule has 1 atom stereocenters. The van der Waals surface area contributed by atoms with Gasteiger partial charge in [-0.3, -0.25) is 14.5 Å². The van der Waals surface area contributed by atoms with Gasteiger partial charge >= 0.3 is 5.97 Å². The first kappa shape index (κ1) is 12.8. The van der Waals surface area contributed by atoms with Crippen molar-refractivity contribution in [3.63, 3.8) is 0 Å². The molecule has 0 aliphatic carbocycles. The normalized spacial score (nSPS) is 25.1. The minimum atomic E-state index is -1.12. The lowest BCUT2D eigenvalue weighted by Gasteiger charge is -2.31. The summed E-state index contributed by atoms with van der Waals surface area (Å²) in [6.45, 7) is 2.62. The van der Waals surface area contributed by atoms with Crippen molar-refractivity contribution in [3.8, 4) is 0 Å². The Bertz CT molecular complexity index is 630. The Hall–Kier alpha value is -2.21. The van der Waals surface area contributed by atoms with Crippen molar-refractivity contribution in [2.75, 3.05) is 13.2 Å². The molecule has 0 aromatic heterocycles. The lowest BCUT2D eigenvalue weighted by molar-refractivity contribution is 0.0418. The van der Waals surface area contributed by atoms with Gasteiger partial charge < -0.3 is 9.84 Å². The van der Waals surface area contributed by atoms with Crippen LogP contribution in [0, 0.1) is 0 Å². The molecule has 0 saturated carbocycles. The fourth-order valence-electron chi connectivity index (χ4n) is 2.70. The van der Waals surface area contributed by atoms with E-state index in [9.17, 15) is 14.4 Å². The lowest BCUT2D eigenvalue weighted by Crippen LogP contribution is -2.50. The van der Waals surface area contributed by atoms with Gasteiger partial charge in [0.15, 0.2) is 0 Å². The molecule has 20 heavy (non-hydrogen) atoms. The quantitative estimate of drug-likeness (QED) is 0.819. The van der Waals surface area contributed by atoms with E-state index in [1.54, 1.807) is 6.92 Å². The minimum absolute atomic E-state index is 0.000394. The molecule has 1 N–H and O–H groups in total. The van der Waals surface area contributed by atoms with E-state index in [4.69, 9.17) is 9.84 Å². The third kappa shape index (κ3) is 1.65. The zero-order chi connectivity index (χ0) is 14.5. The van der Waals surface area contributed by atoms with E-state index in [0.29, 0.717) is 19.6 Å². The summed E-state index contributed by atoms with van der Waals surface area (Å²) in [5.41, 5.74) is -0.243. The van der Waals surface area contributed by atoms with Crippen molar-refractivity contribution >= 4 is 17.8 Å². The van der Waals surface area contributed by atoms with Gasteiger partial charge in [0.05, 0.1) is 28.8 Å². The zero-order valence-electron chi connectivity index (χ0n) is 10.9. The van der Waals surface area contributed by atoms with Gasteiger partial charge in [-0.05, 0) is 31.5 Å². The van der Waals surface area contributed by atoms with Crippen LogP contribution in [0.4, 0.5) is 0 Å². The van der Waals surface area contributed by atoms with Crippen molar-refractivity contribution in [3.05, 3.63) is 34.9 Å². The molecule has 6 nitrogen and oxygen atoms in total. The van der Waals surface area contributed by atoms with E-state index in [1.807, 2.05) is 0 Å². The second-order valence-corrected chi connectivity index (χ2v) is 5.31. The Morgan fingerprint density at radius 3 is 2.60 bits per heavy atom. The molecule has 1 fully saturated rings. The van der Waals surface area contributed by atoms with Crippen molar-refractivity contribution < 1.29 is 24.2 Å². The number of imide groups is 1. The van der Waals surface area contributed by atoms with Crippen LogP contribution in [0.3, 0.4) is 0 Å². The molecule has 0 bridgehead atoms. The van der Waals surface area contributed by atoms with Gasteiger partial charge in [0.1, 0.15) is 0 Å². The number of carbonyl (C=O) groups excluding carboxylic acids is 2. The van der Waals surface area contributed by atoms with Crippen LogP contribution in [0.2, 0.25) is 0 Å². The molecule has 1 saturated heterocycles. The summed E-state index contributed by atoms with van der Waals surface area (Å²) in [7, 11) is 0. The summed E-state index contributed by atoms with van der Waals surface area (Å²) >= 11 is 0. The number of amides is 2. The molecule has 2 aliphatic rings. The molecule has 1 aromatic carbocycles. The predicted octanol–water partition coefficient (Wildman–Crippen LogP) is 1.16. The molecular weight excluding hydrogens is 262 g/mol. The number of rotatable bonds is 2. The van der Waals surface area contributed by atoms with Crippen LogP contribution in [0.1, 0.15) is 44.4 Å². The first-order valence-corrected chi connectivity index (χ1v) is 6.28. The summed E-state index contributed by atoms with van der Waals surface area (Å²) in [5, 5.41) is 8.97. The fraction of sp³-hybridized carbons (Fsp3) is 0.357. The van der Waals surface area contributed by atoms with E-state index < -0.39 is 17.4 Å². The van der Waals surface area contributed by atoms with Crippen LogP contribution in [0.5, 0.6) is 0 Å². The maximum Gasteiger partial charge on any atom is 0.335 e. The van der Waals surface area contributed by atoms with Crippen LogP contribution in [-0.2, 0) is 4.74 Å². The van der Waals surface area contributed by atoms with Crippen LogP contribution < -0.4 is 0 Å². The number of hydrogen-bond acceptors (Lipinski definition) is 4. The molecule has 1 aromatic rings. The van der Waals surface area contributed by atoms with E-state index in [2.05, 4.69) is 0 Å². The molecule has 2 heterocycles. The van der Waals surface area contributed by atoms with Crippen LogP contribution >= 0.6 is 0 Å². The fourth-order valence-corrected chi connectivity index (χ4v) is 2.70. The largest absolute Gasteiger partial charge is 0.478 e. The SMILES string of the molecule is CC1(N2C(=O)c3ccc(C(=O)O)cc3C2=O)CCOC1. The number of nitrogens with zero attached hydrogens (tertiary/aromatic N) is 1. The van der Waals surface area contributed by atoms with Gasteiger partial charge in [-0.25, -0.2) is 4.79 Å². The van der Waals surface area contributed by atoms with Gasteiger partial charge in [0.25, 0.3) is 11.8 Å². The summed E-state index contributed by atoms with van der Waals surface area (Å²) in [4.78, 5) is 37.0. The zero-order valence-corrected chi connectivity index (χ0v) is 10.9. The summed E-state index contributed by atoms with van der Waals surface area (Å²) in [6, 6.07) is 4.00. The maximum absolute atomic E-state index is 12.4. The monoisotopic (exact) mass is 275 g/mol. The number of carbonyl (C=O) groups is 3. The highest BCUT2D eigenvalue weighted by atomic mass is 16.5. The van der Waals surface area contributed by atoms with Gasteiger partial charge in [-0.15, -0.1) is 0 Å². The Morgan fingerprint density at radius 1 is 1.30 bits per heavy atom. The van der Waals surface area contributed by atoms with Crippen molar-refractivity contribution in [1.29, 1.82) is 0 Å². The Labute approximate surface area is 114 Å². The average Bonchev–Trinajstić information content (AvgIpc) is 2.94. The number of carboxylic acid groups (broad SMARTS) is 1. The number of fused-ring (bicyclic) bond motifs is 1. The maximum atomic E-state index is 12.4. The van der Waals surface area contributed by atoms with Gasteiger partial charge in [0, 0.05) is 6.61 Å². The van der Waals surface area contributed by atoms with Gasteiger partial charge in [-0.2, -0.15) is 0 Å². The highest BCUT2D eigenvalue weighted by Crippen LogP contribution is 2.34. The predicted molar refractivity (Wildman–Crippen MR) is 67.7 cm³/mol. The average molecular weight is 275 g/mol. The summed E-state index contributed by atoms with van der Waals surface area (Å²) < 4.78 is 5.29. The number of ether oxygens (including phenoxy) is 1. The smallest absolute Gasteiger partial charge is 0.335 e. The molecule has 3 rings (SSSR count). The van der Waals surface area contributed by atoms with Crippen LogP contribution in [0.15, 0.2) is 18.2 Å². The molecule has 0 radical (unpaired) electrons. The second-order valence-electron chi connectivity index (χ2n) is 5.31. The molecule has 2 aliphatic heterocycles. The number of aromatic carboxylic acids is 1. The van der Waals surface area contributed by atoms with Crippen molar-refractivity contribution in [2.45, 2.75) is 18.9 Å². The first-order chi connectivity index (χ1) is 9.44. The second kappa shape index (κ2) is 4.14. The molecule has 0 spiro atoms. The number of hydrogen-bond donors (Lipinski definition) is 1. The van der Waals surface area contributed by atoms with Crippen LogP contribution in [-0.4, -0.2) is 46.5 Å². The van der Waals surface area contributed by atoms with E-state index >= 15 is 0 Å². The van der Waals surface area contributed by atoms with Crippen molar-refractivity contribution in [2.24, 2.45) is 0 Å². The number of carboxylic acids is 1. The van der Waals surface area contributed by atoms with E-state index in [-0.39, 0.29) is 22.6 Å². The van der Waals surface area contributed by atoms with Crippen molar-refractivity contribution in [1.82, 2.24) is 4.90 Å². The summed E-state index contributed by atoms with van der Waals surface area (Å²) in [6.07, 6.45) is 0.588. The number of benzene rings is 1. The van der Waals surface area contributed by atoms with Gasteiger partial charge in [0.2, 0.25) is 0 Å². The molecule has 104 valence electrons. The standard InChI is InChI=1S/C14H13NO5/c1-14(4-5-20-7-14)15-11(16)9-3-2-8(13(18)19)6-10(9)12(15)17/h2-3,6H,4-5,7H2,1H3,(H,18,19). The Kier molecular flexibility index (Phi) is 2.65. The molecular formula is C14H13NO5.